The number of hydrogen-bond donors (Lipinski definition) is 3. The van der Waals surface area contributed by atoms with Crippen molar-refractivity contribution in [2.75, 3.05) is 13.2 Å². The van der Waals surface area contributed by atoms with Gasteiger partial charge in [-0.05, 0) is 12.5 Å². The van der Waals surface area contributed by atoms with E-state index in [1.807, 2.05) is 0 Å². The Morgan fingerprint density at radius 1 is 1.56 bits per heavy atom. The van der Waals surface area contributed by atoms with Gasteiger partial charge < -0.3 is 25.4 Å². The van der Waals surface area contributed by atoms with E-state index in [1.165, 1.54) is 12.3 Å². The number of aliphatic imine (C=N–C) groups is 1. The van der Waals surface area contributed by atoms with E-state index in [1.54, 1.807) is 6.92 Å². The van der Waals surface area contributed by atoms with Gasteiger partial charge in [0.2, 0.25) is 6.23 Å². The summed E-state index contributed by atoms with van der Waals surface area (Å²) in [5.74, 6) is -3.73. The number of phosphoric ester groups is 1. The molecule has 2 aliphatic heterocycles. The van der Waals surface area contributed by atoms with Crippen LogP contribution < -0.4 is 5.73 Å². The molecule has 0 aromatic rings. The Kier molecular flexibility index (Phi) is 5.97. The lowest BCUT2D eigenvalue weighted by Crippen LogP contribution is -2.47. The summed E-state index contributed by atoms with van der Waals surface area (Å²) in [5.41, 5.74) is 5.45. The highest BCUT2D eigenvalue weighted by atomic mass is 31.2. The zero-order valence-corrected chi connectivity index (χ0v) is 14.3. The fraction of sp³-hybridized carbons (Fsp3) is 0.615. The molecule has 25 heavy (non-hydrogen) atoms. The first-order valence-electron chi connectivity index (χ1n) is 7.41. The molecule has 0 saturated carbocycles. The third kappa shape index (κ3) is 4.43. The Hall–Kier alpha value is -1.36. The third-order valence-electron chi connectivity index (χ3n) is 3.45. The first-order valence-corrected chi connectivity index (χ1v) is 8.91. The topological polar surface area (TPSA) is 127 Å². The molecule has 0 aromatic carbocycles. The molecule has 1 unspecified atom stereocenters. The van der Waals surface area contributed by atoms with E-state index in [0.717, 1.165) is 4.90 Å². The molecule has 0 radical (unpaired) electrons. The smallest absolute Gasteiger partial charge is 0.384 e. The van der Waals surface area contributed by atoms with Gasteiger partial charge in [-0.25, -0.2) is 9.56 Å². The standard InChI is InChI=1S/C13H20F2N3O6P/c1-3-6-22-25(20,21)23-7-9-11(19)13(14,15)12(24-9)18-5-4-10(16)17-8(18)2/h4-5,9,11-12,19H,2-3,6-7H2,1H3,(H2,16,17)(H,20,21)/t9-,11+,12-/m1/s1. The van der Waals surface area contributed by atoms with E-state index >= 15 is 0 Å². The Bertz CT molecular complexity index is 629. The van der Waals surface area contributed by atoms with Crippen molar-refractivity contribution in [3.63, 3.8) is 0 Å². The summed E-state index contributed by atoms with van der Waals surface area (Å²) in [6, 6.07) is 0. The second-order valence-corrected chi connectivity index (χ2v) is 6.87. The van der Waals surface area contributed by atoms with Gasteiger partial charge in [0.25, 0.3) is 0 Å². The van der Waals surface area contributed by atoms with Crippen LogP contribution in [0.2, 0.25) is 0 Å². The van der Waals surface area contributed by atoms with Gasteiger partial charge in [0.15, 0.2) is 6.10 Å². The number of ether oxygens (including phenoxy) is 1. The molecular formula is C13H20F2N3O6P. The summed E-state index contributed by atoms with van der Waals surface area (Å²) in [6.07, 6.45) is -2.83. The second-order valence-electron chi connectivity index (χ2n) is 5.42. The number of nitrogens with zero attached hydrogens (tertiary/aromatic N) is 2. The maximum absolute atomic E-state index is 14.3. The third-order valence-corrected chi connectivity index (χ3v) is 4.44. The molecule has 1 saturated heterocycles. The van der Waals surface area contributed by atoms with Crippen LogP contribution in [0.15, 0.2) is 29.7 Å². The number of hydrogen-bond acceptors (Lipinski definition) is 8. The van der Waals surface area contributed by atoms with Crippen LogP contribution in [0.1, 0.15) is 13.3 Å². The Morgan fingerprint density at radius 3 is 2.84 bits per heavy atom. The summed E-state index contributed by atoms with van der Waals surface area (Å²) in [5, 5.41) is 9.82. The average Bonchev–Trinajstić information content (AvgIpc) is 2.75. The molecular weight excluding hydrogens is 363 g/mol. The molecule has 2 heterocycles. The molecule has 1 fully saturated rings. The molecule has 2 rings (SSSR count). The molecule has 0 bridgehead atoms. The second kappa shape index (κ2) is 7.48. The molecule has 0 aromatic heterocycles. The van der Waals surface area contributed by atoms with Crippen molar-refractivity contribution < 1.29 is 37.1 Å². The lowest BCUT2D eigenvalue weighted by Gasteiger charge is -2.31. The predicted octanol–water partition coefficient (Wildman–Crippen LogP) is 0.909. The maximum atomic E-state index is 14.3. The van der Waals surface area contributed by atoms with Crippen molar-refractivity contribution in [2.24, 2.45) is 10.7 Å². The van der Waals surface area contributed by atoms with Crippen LogP contribution in [0, 0.1) is 0 Å². The molecule has 0 spiro atoms. The van der Waals surface area contributed by atoms with Crippen molar-refractivity contribution in [1.29, 1.82) is 0 Å². The molecule has 0 amide bonds. The highest BCUT2D eigenvalue weighted by Crippen LogP contribution is 2.46. The van der Waals surface area contributed by atoms with Gasteiger partial charge in [-0.3, -0.25) is 9.05 Å². The fourth-order valence-corrected chi connectivity index (χ4v) is 3.04. The van der Waals surface area contributed by atoms with Crippen LogP contribution in [0.5, 0.6) is 0 Å². The summed E-state index contributed by atoms with van der Waals surface area (Å²) >= 11 is 0. The zero-order chi connectivity index (χ0) is 18.8. The quantitative estimate of drug-likeness (QED) is 0.554. The lowest BCUT2D eigenvalue weighted by atomic mass is 10.1. The molecule has 2 aliphatic rings. The lowest BCUT2D eigenvalue weighted by molar-refractivity contribution is -0.148. The summed E-state index contributed by atoms with van der Waals surface area (Å²) in [7, 11) is -4.42. The minimum atomic E-state index is -4.42. The van der Waals surface area contributed by atoms with Gasteiger partial charge in [-0.1, -0.05) is 13.5 Å². The first kappa shape index (κ1) is 20.0. The normalized spacial score (nSPS) is 31.1. The van der Waals surface area contributed by atoms with Gasteiger partial charge in [0.1, 0.15) is 17.8 Å². The van der Waals surface area contributed by atoms with Gasteiger partial charge in [0, 0.05) is 6.20 Å². The van der Waals surface area contributed by atoms with Gasteiger partial charge in [0.05, 0.1) is 13.2 Å². The first-order chi connectivity index (χ1) is 11.6. The van der Waals surface area contributed by atoms with E-state index in [-0.39, 0.29) is 18.3 Å². The minimum absolute atomic E-state index is 0.0432. The highest BCUT2D eigenvalue weighted by molar-refractivity contribution is 7.47. The van der Waals surface area contributed by atoms with Gasteiger partial charge >= 0.3 is 13.7 Å². The number of alkyl halides is 2. The molecule has 12 heteroatoms. The van der Waals surface area contributed by atoms with Crippen LogP contribution in [0.25, 0.3) is 0 Å². The van der Waals surface area contributed by atoms with Crippen molar-refractivity contribution >= 4 is 13.7 Å². The molecule has 9 nitrogen and oxygen atoms in total. The van der Waals surface area contributed by atoms with E-state index in [2.05, 4.69) is 20.6 Å². The van der Waals surface area contributed by atoms with Crippen LogP contribution in [0.4, 0.5) is 8.78 Å². The van der Waals surface area contributed by atoms with Crippen molar-refractivity contribution in [1.82, 2.24) is 4.90 Å². The molecule has 142 valence electrons. The SMILES string of the molecule is C=C1N=C(N)C=CN1[C@@H]1O[C@H](COP(=O)(O)OCCC)[C@H](O)C1(F)F. The zero-order valence-electron chi connectivity index (χ0n) is 13.4. The minimum Gasteiger partial charge on any atom is -0.384 e. The summed E-state index contributed by atoms with van der Waals surface area (Å²) in [4.78, 5) is 14.1. The van der Waals surface area contributed by atoms with Crippen molar-refractivity contribution in [2.45, 2.75) is 37.7 Å². The van der Waals surface area contributed by atoms with Gasteiger partial charge in [-0.2, -0.15) is 8.78 Å². The van der Waals surface area contributed by atoms with E-state index < -0.39 is 38.8 Å². The van der Waals surface area contributed by atoms with Crippen LogP contribution >= 0.6 is 7.82 Å². The maximum Gasteiger partial charge on any atom is 0.472 e. The van der Waals surface area contributed by atoms with E-state index in [4.69, 9.17) is 10.5 Å². The monoisotopic (exact) mass is 383 g/mol. The Morgan fingerprint density at radius 2 is 2.24 bits per heavy atom. The average molecular weight is 383 g/mol. The number of rotatable bonds is 7. The molecule has 0 aliphatic carbocycles. The van der Waals surface area contributed by atoms with Crippen molar-refractivity contribution in [3.05, 3.63) is 24.7 Å². The Balaban J connectivity index is 2.05. The number of aliphatic hydroxyl groups is 1. The molecule has 4 atom stereocenters. The van der Waals surface area contributed by atoms with Gasteiger partial charge in [-0.15, -0.1) is 0 Å². The number of nitrogens with two attached hydrogens (primary N) is 1. The predicted molar refractivity (Wildman–Crippen MR) is 83.4 cm³/mol. The summed E-state index contributed by atoms with van der Waals surface area (Å²) < 4.78 is 54.6. The number of amidine groups is 1. The van der Waals surface area contributed by atoms with Crippen LogP contribution in [-0.4, -0.2) is 58.3 Å². The van der Waals surface area contributed by atoms with E-state index in [0.29, 0.717) is 6.42 Å². The van der Waals surface area contributed by atoms with Crippen LogP contribution in [-0.2, 0) is 18.3 Å². The van der Waals surface area contributed by atoms with Crippen LogP contribution in [0.3, 0.4) is 0 Å². The largest absolute Gasteiger partial charge is 0.472 e. The fourth-order valence-electron chi connectivity index (χ4n) is 2.22. The molecule has 4 N–H and O–H groups in total. The van der Waals surface area contributed by atoms with E-state index in [9.17, 15) is 23.3 Å². The summed E-state index contributed by atoms with van der Waals surface area (Å²) in [6.45, 7) is 4.41. The van der Waals surface area contributed by atoms with Crippen molar-refractivity contribution in [3.8, 4) is 0 Å². The Labute approximate surface area is 143 Å². The number of aliphatic hydroxyl groups excluding tert-OH is 1. The number of halogens is 2. The highest BCUT2D eigenvalue weighted by Gasteiger charge is 2.61. The number of phosphoric acid groups is 1.